The van der Waals surface area contributed by atoms with E-state index in [-0.39, 0.29) is 6.08 Å². The third-order valence-corrected chi connectivity index (χ3v) is 2.54. The van der Waals surface area contributed by atoms with Crippen molar-refractivity contribution in [2.24, 2.45) is 0 Å². The number of oxazole rings is 1. The topological polar surface area (TPSA) is 56.5 Å². The van der Waals surface area contributed by atoms with E-state index in [2.05, 4.69) is 24.1 Å². The molecule has 5 nitrogen and oxygen atoms in total. The Morgan fingerprint density at radius 3 is 2.85 bits per heavy atom. The summed E-state index contributed by atoms with van der Waals surface area (Å²) in [7, 11) is 0. The summed E-state index contributed by atoms with van der Waals surface area (Å²) in [4.78, 5) is 4.26. The largest absolute Gasteiger partial charge is 0.494 e. The van der Waals surface area contributed by atoms with Crippen LogP contribution < -0.4 is 14.8 Å². The monoisotopic (exact) mass is 276 g/mol. The Morgan fingerprint density at radius 2 is 2.10 bits per heavy atom. The molecule has 0 bridgehead atoms. The first-order valence-corrected chi connectivity index (χ1v) is 6.76. The minimum atomic E-state index is 0.235. The van der Waals surface area contributed by atoms with E-state index in [9.17, 15) is 0 Å². The standard InChI is InChI=1S/C15H20N2O3/c1-4-18-13-6-5-7-14(8-13)20-15-17-12(10-19-15)9-16-11(2)3/h5-8,10-11,16H,4,9H2,1-3H3. The Bertz CT molecular complexity index is 537. The van der Waals surface area contributed by atoms with Gasteiger partial charge in [0.15, 0.2) is 0 Å². The zero-order valence-electron chi connectivity index (χ0n) is 12.1. The normalized spacial score (nSPS) is 10.8. The summed E-state index contributed by atoms with van der Waals surface area (Å²) in [6.07, 6.45) is 1.83. The molecule has 1 N–H and O–H groups in total. The van der Waals surface area contributed by atoms with Crippen LogP contribution >= 0.6 is 0 Å². The van der Waals surface area contributed by atoms with Crippen LogP contribution in [0.2, 0.25) is 0 Å². The van der Waals surface area contributed by atoms with Gasteiger partial charge in [-0.15, -0.1) is 0 Å². The summed E-state index contributed by atoms with van der Waals surface area (Å²) in [5.74, 6) is 1.40. The molecule has 0 aliphatic carbocycles. The molecule has 108 valence electrons. The van der Waals surface area contributed by atoms with E-state index in [1.165, 1.54) is 0 Å². The van der Waals surface area contributed by atoms with Gasteiger partial charge < -0.3 is 19.2 Å². The molecule has 0 amide bonds. The molecule has 1 aromatic carbocycles. The second kappa shape index (κ2) is 6.96. The third-order valence-electron chi connectivity index (χ3n) is 2.54. The highest BCUT2D eigenvalue weighted by Crippen LogP contribution is 2.24. The smallest absolute Gasteiger partial charge is 0.399 e. The first-order chi connectivity index (χ1) is 9.67. The number of benzene rings is 1. The molecule has 0 atom stereocenters. The molecule has 5 heteroatoms. The number of rotatable bonds is 7. The van der Waals surface area contributed by atoms with Gasteiger partial charge in [-0.05, 0) is 19.1 Å². The van der Waals surface area contributed by atoms with Gasteiger partial charge >= 0.3 is 6.08 Å². The Morgan fingerprint density at radius 1 is 1.30 bits per heavy atom. The molecule has 0 unspecified atom stereocenters. The minimum Gasteiger partial charge on any atom is -0.494 e. The van der Waals surface area contributed by atoms with E-state index in [0.717, 1.165) is 11.4 Å². The van der Waals surface area contributed by atoms with E-state index in [1.54, 1.807) is 12.3 Å². The van der Waals surface area contributed by atoms with Gasteiger partial charge in [-0.2, -0.15) is 4.98 Å². The summed E-state index contributed by atoms with van der Waals surface area (Å²) in [6.45, 7) is 7.38. The zero-order chi connectivity index (χ0) is 14.4. The van der Waals surface area contributed by atoms with Gasteiger partial charge in [0.2, 0.25) is 0 Å². The van der Waals surface area contributed by atoms with Crippen LogP contribution in [-0.4, -0.2) is 17.6 Å². The summed E-state index contributed by atoms with van der Waals surface area (Å²) in [5.41, 5.74) is 0.815. The first kappa shape index (κ1) is 14.4. The molecule has 0 fully saturated rings. The van der Waals surface area contributed by atoms with Crippen molar-refractivity contribution in [2.75, 3.05) is 6.61 Å². The van der Waals surface area contributed by atoms with E-state index >= 15 is 0 Å². The highest BCUT2D eigenvalue weighted by Gasteiger charge is 2.07. The fraction of sp³-hybridized carbons (Fsp3) is 0.400. The van der Waals surface area contributed by atoms with Gasteiger partial charge in [0, 0.05) is 18.7 Å². The highest BCUT2D eigenvalue weighted by atomic mass is 16.6. The SMILES string of the molecule is CCOc1cccc(Oc2nc(CNC(C)C)co2)c1. The van der Waals surface area contributed by atoms with Crippen molar-refractivity contribution in [1.82, 2.24) is 10.3 Å². The molecule has 0 radical (unpaired) electrons. The quantitative estimate of drug-likeness (QED) is 0.840. The second-order valence-electron chi connectivity index (χ2n) is 4.65. The fourth-order valence-corrected chi connectivity index (χ4v) is 1.62. The zero-order valence-corrected chi connectivity index (χ0v) is 12.1. The number of nitrogens with zero attached hydrogens (tertiary/aromatic N) is 1. The summed E-state index contributed by atoms with van der Waals surface area (Å²) in [6, 6.07) is 7.78. The third kappa shape index (κ3) is 4.28. The van der Waals surface area contributed by atoms with Crippen LogP contribution in [0.4, 0.5) is 0 Å². The van der Waals surface area contributed by atoms with Crippen LogP contribution in [-0.2, 0) is 6.54 Å². The molecule has 0 saturated carbocycles. The Labute approximate surface area is 118 Å². The maximum atomic E-state index is 5.57. The number of hydrogen-bond donors (Lipinski definition) is 1. The van der Waals surface area contributed by atoms with Gasteiger partial charge in [-0.3, -0.25) is 0 Å². The Hall–Kier alpha value is -2.01. The summed E-state index contributed by atoms with van der Waals surface area (Å²) >= 11 is 0. The lowest BCUT2D eigenvalue weighted by Gasteiger charge is -2.05. The van der Waals surface area contributed by atoms with Crippen LogP contribution in [0.5, 0.6) is 17.6 Å². The van der Waals surface area contributed by atoms with Crippen molar-refractivity contribution in [2.45, 2.75) is 33.4 Å². The van der Waals surface area contributed by atoms with Crippen LogP contribution in [0.3, 0.4) is 0 Å². The molecule has 1 aromatic heterocycles. The van der Waals surface area contributed by atoms with Crippen molar-refractivity contribution in [3.63, 3.8) is 0 Å². The number of hydrogen-bond acceptors (Lipinski definition) is 5. The molecule has 2 aromatic rings. The van der Waals surface area contributed by atoms with Gasteiger partial charge in [0.25, 0.3) is 0 Å². The Kier molecular flexibility index (Phi) is 5.01. The van der Waals surface area contributed by atoms with Crippen LogP contribution in [0.1, 0.15) is 26.5 Å². The highest BCUT2D eigenvalue weighted by molar-refractivity contribution is 5.34. The lowest BCUT2D eigenvalue weighted by molar-refractivity contribution is 0.321. The lowest BCUT2D eigenvalue weighted by Crippen LogP contribution is -2.21. The van der Waals surface area contributed by atoms with Crippen molar-refractivity contribution in [3.05, 3.63) is 36.2 Å². The molecular formula is C15H20N2O3. The van der Waals surface area contributed by atoms with Gasteiger partial charge in [0.1, 0.15) is 17.8 Å². The molecular weight excluding hydrogens is 256 g/mol. The molecule has 0 spiro atoms. The van der Waals surface area contributed by atoms with Gasteiger partial charge in [-0.1, -0.05) is 19.9 Å². The molecule has 0 aliphatic heterocycles. The molecule has 1 heterocycles. The van der Waals surface area contributed by atoms with Crippen molar-refractivity contribution < 1.29 is 13.9 Å². The lowest BCUT2D eigenvalue weighted by atomic mass is 10.3. The average Bonchev–Trinajstić information content (AvgIpc) is 2.85. The maximum absolute atomic E-state index is 5.57. The first-order valence-electron chi connectivity index (χ1n) is 6.76. The number of aromatic nitrogens is 1. The van der Waals surface area contributed by atoms with Gasteiger partial charge in [-0.25, -0.2) is 0 Å². The predicted octanol–water partition coefficient (Wildman–Crippen LogP) is 3.36. The maximum Gasteiger partial charge on any atom is 0.399 e. The van der Waals surface area contributed by atoms with Crippen molar-refractivity contribution in [3.8, 4) is 17.6 Å². The fourth-order valence-electron chi connectivity index (χ4n) is 1.62. The van der Waals surface area contributed by atoms with Gasteiger partial charge in [0.05, 0.1) is 12.3 Å². The van der Waals surface area contributed by atoms with Crippen LogP contribution in [0, 0.1) is 0 Å². The molecule has 20 heavy (non-hydrogen) atoms. The predicted molar refractivity (Wildman–Crippen MR) is 76.2 cm³/mol. The van der Waals surface area contributed by atoms with Crippen LogP contribution in [0.15, 0.2) is 34.9 Å². The minimum absolute atomic E-state index is 0.235. The second-order valence-corrected chi connectivity index (χ2v) is 4.65. The van der Waals surface area contributed by atoms with E-state index in [4.69, 9.17) is 13.9 Å². The van der Waals surface area contributed by atoms with Crippen molar-refractivity contribution in [1.29, 1.82) is 0 Å². The molecule has 2 rings (SSSR count). The average molecular weight is 276 g/mol. The van der Waals surface area contributed by atoms with E-state index in [1.807, 2.05) is 25.1 Å². The Balaban J connectivity index is 1.97. The number of nitrogens with one attached hydrogen (secondary N) is 1. The summed E-state index contributed by atoms with van der Waals surface area (Å²) in [5, 5.41) is 3.27. The van der Waals surface area contributed by atoms with Crippen molar-refractivity contribution >= 4 is 0 Å². The van der Waals surface area contributed by atoms with E-state index < -0.39 is 0 Å². The van der Waals surface area contributed by atoms with Crippen LogP contribution in [0.25, 0.3) is 0 Å². The van der Waals surface area contributed by atoms with E-state index in [0.29, 0.717) is 24.9 Å². The number of ether oxygens (including phenoxy) is 2. The molecule has 0 saturated heterocycles. The molecule has 0 aliphatic rings. The summed E-state index contributed by atoms with van der Waals surface area (Å²) < 4.78 is 16.3.